The Morgan fingerprint density at radius 1 is 1.58 bits per heavy atom. The highest BCUT2D eigenvalue weighted by Gasteiger charge is 2.48. The number of rotatable bonds is 4. The molecule has 0 spiro atoms. The van der Waals surface area contributed by atoms with Gasteiger partial charge in [0.2, 0.25) is 0 Å². The quantitative estimate of drug-likeness (QED) is 0.879. The number of nitrogens with zero attached hydrogens (tertiary/aromatic N) is 3. The van der Waals surface area contributed by atoms with E-state index in [1.807, 2.05) is 6.92 Å². The molecule has 1 aliphatic rings. The Labute approximate surface area is 111 Å². The number of carboxylic acid groups (broad SMARTS) is 1. The number of hydrogen-bond donors (Lipinski definition) is 1. The first-order valence-electron chi connectivity index (χ1n) is 6.55. The van der Waals surface area contributed by atoms with Crippen LogP contribution in [0.15, 0.2) is 17.2 Å². The molecule has 0 bridgehead atoms. The van der Waals surface area contributed by atoms with Crippen molar-refractivity contribution >= 4 is 11.8 Å². The highest BCUT2D eigenvalue weighted by molar-refractivity contribution is 5.84. The van der Waals surface area contributed by atoms with Crippen molar-refractivity contribution in [3.8, 4) is 0 Å². The third-order valence-corrected chi connectivity index (χ3v) is 3.80. The molecule has 0 aromatic carbocycles. The van der Waals surface area contributed by atoms with Crippen LogP contribution in [0, 0.1) is 0 Å². The standard InChI is InChI=1S/C13H19N3O3/c1-3-5-13(12(18)19)6-4-8-16(13)10-11(17)15(2)9-7-14-10/h7,9H,3-6,8H2,1-2H3,(H,18,19). The van der Waals surface area contributed by atoms with E-state index in [2.05, 4.69) is 4.98 Å². The summed E-state index contributed by atoms with van der Waals surface area (Å²) in [5.41, 5.74) is -1.22. The lowest BCUT2D eigenvalue weighted by molar-refractivity contribution is -0.143. The largest absolute Gasteiger partial charge is 0.479 e. The molecule has 0 saturated carbocycles. The zero-order valence-electron chi connectivity index (χ0n) is 11.3. The van der Waals surface area contributed by atoms with E-state index >= 15 is 0 Å². The molecule has 1 atom stereocenters. The molecule has 19 heavy (non-hydrogen) atoms. The fourth-order valence-electron chi connectivity index (χ4n) is 2.86. The molecule has 1 fully saturated rings. The molecule has 1 aromatic rings. The second-order valence-electron chi connectivity index (χ2n) is 5.01. The summed E-state index contributed by atoms with van der Waals surface area (Å²) < 4.78 is 1.43. The van der Waals surface area contributed by atoms with E-state index in [0.29, 0.717) is 19.4 Å². The first-order chi connectivity index (χ1) is 9.03. The molecule has 1 aromatic heterocycles. The Bertz CT molecular complexity index is 540. The van der Waals surface area contributed by atoms with Gasteiger partial charge in [-0.15, -0.1) is 0 Å². The maximum absolute atomic E-state index is 12.1. The molecule has 1 aliphatic heterocycles. The van der Waals surface area contributed by atoms with Gasteiger partial charge < -0.3 is 14.6 Å². The summed E-state index contributed by atoms with van der Waals surface area (Å²) in [4.78, 5) is 29.6. The SMILES string of the molecule is CCCC1(C(=O)O)CCCN1c1nccn(C)c1=O. The number of hydrogen-bond acceptors (Lipinski definition) is 4. The third kappa shape index (κ3) is 2.11. The average molecular weight is 265 g/mol. The summed E-state index contributed by atoms with van der Waals surface area (Å²) >= 11 is 0. The number of carboxylic acids is 1. The average Bonchev–Trinajstić information content (AvgIpc) is 2.78. The van der Waals surface area contributed by atoms with E-state index in [9.17, 15) is 14.7 Å². The van der Waals surface area contributed by atoms with Crippen LogP contribution in [0.25, 0.3) is 0 Å². The Balaban J connectivity index is 2.50. The Morgan fingerprint density at radius 2 is 2.32 bits per heavy atom. The minimum Gasteiger partial charge on any atom is -0.479 e. The second-order valence-corrected chi connectivity index (χ2v) is 5.01. The molecule has 6 heteroatoms. The van der Waals surface area contributed by atoms with Crippen molar-refractivity contribution in [1.82, 2.24) is 9.55 Å². The van der Waals surface area contributed by atoms with E-state index in [1.165, 1.54) is 10.8 Å². The van der Waals surface area contributed by atoms with Gasteiger partial charge in [-0.25, -0.2) is 9.78 Å². The van der Waals surface area contributed by atoms with Crippen LogP contribution < -0.4 is 10.5 Å². The summed E-state index contributed by atoms with van der Waals surface area (Å²) in [5.74, 6) is -0.613. The van der Waals surface area contributed by atoms with Gasteiger partial charge in [0.05, 0.1) is 0 Å². The van der Waals surface area contributed by atoms with E-state index in [1.54, 1.807) is 18.1 Å². The molecule has 104 valence electrons. The van der Waals surface area contributed by atoms with Gasteiger partial charge in [-0.2, -0.15) is 0 Å². The summed E-state index contributed by atoms with van der Waals surface area (Å²) in [6.07, 6.45) is 5.73. The predicted molar refractivity (Wildman–Crippen MR) is 71.3 cm³/mol. The van der Waals surface area contributed by atoms with E-state index < -0.39 is 11.5 Å². The van der Waals surface area contributed by atoms with Gasteiger partial charge in [-0.1, -0.05) is 13.3 Å². The van der Waals surface area contributed by atoms with E-state index in [4.69, 9.17) is 0 Å². The molecular formula is C13H19N3O3. The van der Waals surface area contributed by atoms with Crippen molar-refractivity contribution in [2.75, 3.05) is 11.4 Å². The van der Waals surface area contributed by atoms with Crippen molar-refractivity contribution in [2.45, 2.75) is 38.1 Å². The number of aliphatic carboxylic acids is 1. The molecule has 0 radical (unpaired) electrons. The van der Waals surface area contributed by atoms with Gasteiger partial charge in [-0.05, 0) is 19.3 Å². The van der Waals surface area contributed by atoms with Crippen LogP contribution in [0.4, 0.5) is 5.82 Å². The number of carbonyl (C=O) groups is 1. The van der Waals surface area contributed by atoms with Crippen molar-refractivity contribution < 1.29 is 9.90 Å². The molecule has 1 unspecified atom stereocenters. The fraction of sp³-hybridized carbons (Fsp3) is 0.615. The molecule has 2 rings (SSSR count). The Hall–Kier alpha value is -1.85. The van der Waals surface area contributed by atoms with Crippen LogP contribution in [0.5, 0.6) is 0 Å². The van der Waals surface area contributed by atoms with Crippen molar-refractivity contribution in [3.63, 3.8) is 0 Å². The van der Waals surface area contributed by atoms with Crippen molar-refractivity contribution in [1.29, 1.82) is 0 Å². The first kappa shape index (κ1) is 13.6. The monoisotopic (exact) mass is 265 g/mol. The highest BCUT2D eigenvalue weighted by atomic mass is 16.4. The Kier molecular flexibility index (Phi) is 3.59. The number of aromatic nitrogens is 2. The smallest absolute Gasteiger partial charge is 0.329 e. The van der Waals surface area contributed by atoms with Crippen LogP contribution >= 0.6 is 0 Å². The lowest BCUT2D eigenvalue weighted by Gasteiger charge is -2.35. The van der Waals surface area contributed by atoms with E-state index in [0.717, 1.165) is 12.8 Å². The maximum Gasteiger partial charge on any atom is 0.329 e. The minimum atomic E-state index is -0.977. The number of aryl methyl sites for hydroxylation is 1. The topological polar surface area (TPSA) is 75.4 Å². The zero-order valence-corrected chi connectivity index (χ0v) is 11.3. The van der Waals surface area contributed by atoms with Crippen molar-refractivity contribution in [2.24, 2.45) is 7.05 Å². The summed E-state index contributed by atoms with van der Waals surface area (Å²) in [5, 5.41) is 9.61. The lowest BCUT2D eigenvalue weighted by atomic mass is 9.90. The van der Waals surface area contributed by atoms with Crippen LogP contribution in [-0.2, 0) is 11.8 Å². The summed E-state index contributed by atoms with van der Waals surface area (Å²) in [6.45, 7) is 2.52. The van der Waals surface area contributed by atoms with Crippen molar-refractivity contribution in [3.05, 3.63) is 22.7 Å². The van der Waals surface area contributed by atoms with Gasteiger partial charge >= 0.3 is 5.97 Å². The molecule has 0 aliphatic carbocycles. The predicted octanol–water partition coefficient (Wildman–Crippen LogP) is 1.00. The summed E-state index contributed by atoms with van der Waals surface area (Å²) in [7, 11) is 1.64. The third-order valence-electron chi connectivity index (χ3n) is 3.80. The van der Waals surface area contributed by atoms with Gasteiger partial charge in [-0.3, -0.25) is 4.79 Å². The van der Waals surface area contributed by atoms with Gasteiger partial charge in [0, 0.05) is 26.0 Å². The molecule has 6 nitrogen and oxygen atoms in total. The van der Waals surface area contributed by atoms with Gasteiger partial charge in [0.15, 0.2) is 5.82 Å². The number of anilines is 1. The zero-order chi connectivity index (χ0) is 14.0. The van der Waals surface area contributed by atoms with Crippen LogP contribution in [-0.4, -0.2) is 32.7 Å². The van der Waals surface area contributed by atoms with Gasteiger partial charge in [0.25, 0.3) is 5.56 Å². The highest BCUT2D eigenvalue weighted by Crippen LogP contribution is 2.35. The van der Waals surface area contributed by atoms with Crippen LogP contribution in [0.3, 0.4) is 0 Å². The molecule has 1 N–H and O–H groups in total. The molecule has 1 saturated heterocycles. The normalized spacial score (nSPS) is 22.7. The van der Waals surface area contributed by atoms with Gasteiger partial charge in [0.1, 0.15) is 5.54 Å². The summed E-state index contributed by atoms with van der Waals surface area (Å²) in [6, 6.07) is 0. The minimum absolute atomic E-state index is 0.244. The first-order valence-corrected chi connectivity index (χ1v) is 6.55. The fourth-order valence-corrected chi connectivity index (χ4v) is 2.86. The molecule has 2 heterocycles. The Morgan fingerprint density at radius 3 is 2.95 bits per heavy atom. The lowest BCUT2D eigenvalue weighted by Crippen LogP contribution is -2.52. The second kappa shape index (κ2) is 5.03. The van der Waals surface area contributed by atoms with E-state index in [-0.39, 0.29) is 11.4 Å². The molecule has 0 amide bonds. The van der Waals surface area contributed by atoms with Crippen LogP contribution in [0.1, 0.15) is 32.6 Å². The molecular weight excluding hydrogens is 246 g/mol. The maximum atomic E-state index is 12.1. The van der Waals surface area contributed by atoms with Crippen LogP contribution in [0.2, 0.25) is 0 Å².